The summed E-state index contributed by atoms with van der Waals surface area (Å²) < 4.78 is 48.9. The van der Waals surface area contributed by atoms with Gasteiger partial charge in [0, 0.05) is 5.38 Å². The number of ether oxygens (including phenoxy) is 8. The Hall–Kier alpha value is -2.80. The maximum Gasteiger partial charge on any atom is 0.181 e. The summed E-state index contributed by atoms with van der Waals surface area (Å²) in [7, 11) is 0. The van der Waals surface area contributed by atoms with Crippen molar-refractivity contribution < 1.29 is 37.9 Å². The van der Waals surface area contributed by atoms with E-state index in [1.807, 2.05) is 5.38 Å². The van der Waals surface area contributed by atoms with Gasteiger partial charge >= 0.3 is 0 Å². The summed E-state index contributed by atoms with van der Waals surface area (Å²) in [4.78, 5) is 7.09. The summed E-state index contributed by atoms with van der Waals surface area (Å²) in [5, 5.41) is 1.99. The standard InChI is InChI=1S/C26H22O8S4/c1-2-13-15-16(30-6-5-29-15)23(36-13)24-19-20(34-10-9-33-19)26(38-24)25-18-17(31-7-8-32-18)22(37-25)21-14-12(11-35-21)27-3-4-28-14/h11H,2-10H2,1H3. The summed E-state index contributed by atoms with van der Waals surface area (Å²) in [6.45, 7) is 6.27. The van der Waals surface area contributed by atoms with Crippen LogP contribution in [0.1, 0.15) is 11.8 Å². The highest BCUT2D eigenvalue weighted by Crippen LogP contribution is 2.65. The van der Waals surface area contributed by atoms with E-state index in [4.69, 9.17) is 37.9 Å². The van der Waals surface area contributed by atoms with Gasteiger partial charge in [-0.3, -0.25) is 0 Å². The Kier molecular flexibility index (Phi) is 5.56. The van der Waals surface area contributed by atoms with Crippen molar-refractivity contribution in [3.05, 3.63) is 10.3 Å². The van der Waals surface area contributed by atoms with Crippen molar-refractivity contribution in [2.45, 2.75) is 13.3 Å². The predicted octanol–water partition coefficient (Wildman–Crippen LogP) is 6.58. The molecule has 4 aromatic rings. The molecule has 0 radical (unpaired) electrons. The number of hydrogen-bond donors (Lipinski definition) is 0. The van der Waals surface area contributed by atoms with Crippen molar-refractivity contribution in [1.82, 2.24) is 0 Å². The second kappa shape index (κ2) is 9.15. The molecule has 0 fully saturated rings. The Morgan fingerprint density at radius 3 is 1.39 bits per heavy atom. The van der Waals surface area contributed by atoms with Crippen molar-refractivity contribution in [2.75, 3.05) is 52.9 Å². The zero-order valence-corrected chi connectivity index (χ0v) is 23.6. The molecule has 8 heterocycles. The van der Waals surface area contributed by atoms with Crippen molar-refractivity contribution >= 4 is 45.3 Å². The first kappa shape index (κ1) is 23.1. The Morgan fingerprint density at radius 1 is 0.474 bits per heavy atom. The van der Waals surface area contributed by atoms with Gasteiger partial charge in [0.05, 0.1) is 34.1 Å². The molecular formula is C26H22O8S4. The highest BCUT2D eigenvalue weighted by atomic mass is 32.1. The number of aryl methyl sites for hydroxylation is 1. The van der Waals surface area contributed by atoms with E-state index in [-0.39, 0.29) is 0 Å². The molecule has 0 saturated heterocycles. The van der Waals surface area contributed by atoms with Gasteiger partial charge in [-0.1, -0.05) is 6.92 Å². The van der Waals surface area contributed by atoms with E-state index in [0.29, 0.717) is 52.9 Å². The molecular weight excluding hydrogens is 569 g/mol. The number of fused-ring (bicyclic) bond motifs is 4. The molecule has 4 aliphatic heterocycles. The van der Waals surface area contributed by atoms with Crippen LogP contribution in [-0.2, 0) is 6.42 Å². The zero-order valence-electron chi connectivity index (χ0n) is 20.3. The molecule has 0 saturated carbocycles. The van der Waals surface area contributed by atoms with Crippen LogP contribution in [0.15, 0.2) is 5.38 Å². The molecule has 198 valence electrons. The van der Waals surface area contributed by atoms with Crippen LogP contribution < -0.4 is 37.9 Å². The fraction of sp³-hybridized carbons (Fsp3) is 0.385. The first-order chi connectivity index (χ1) is 18.8. The van der Waals surface area contributed by atoms with Crippen LogP contribution in [0.5, 0.6) is 46.0 Å². The van der Waals surface area contributed by atoms with Crippen molar-refractivity contribution in [3.63, 3.8) is 0 Å². The van der Waals surface area contributed by atoms with Gasteiger partial charge in [0.2, 0.25) is 0 Å². The third-order valence-corrected chi connectivity index (χ3v) is 11.5. The minimum Gasteiger partial charge on any atom is -0.485 e. The Balaban J connectivity index is 1.31. The van der Waals surface area contributed by atoms with E-state index in [2.05, 4.69) is 6.92 Å². The lowest BCUT2D eigenvalue weighted by Gasteiger charge is -2.19. The van der Waals surface area contributed by atoms with Gasteiger partial charge in [-0.15, -0.1) is 45.3 Å². The third-order valence-electron chi connectivity index (χ3n) is 6.51. The largest absolute Gasteiger partial charge is 0.485 e. The number of rotatable bonds is 4. The quantitative estimate of drug-likeness (QED) is 0.264. The van der Waals surface area contributed by atoms with Crippen molar-refractivity contribution in [3.8, 4) is 75.3 Å². The lowest BCUT2D eigenvalue weighted by molar-refractivity contribution is 0.170. The molecule has 12 heteroatoms. The Morgan fingerprint density at radius 2 is 0.868 bits per heavy atom. The van der Waals surface area contributed by atoms with Crippen LogP contribution >= 0.6 is 45.3 Å². The topological polar surface area (TPSA) is 73.8 Å². The molecule has 0 aliphatic carbocycles. The molecule has 0 unspecified atom stereocenters. The maximum absolute atomic E-state index is 6.26. The normalized spacial score (nSPS) is 17.0. The van der Waals surface area contributed by atoms with Crippen LogP contribution in [0.4, 0.5) is 0 Å². The summed E-state index contributed by atoms with van der Waals surface area (Å²) in [6.07, 6.45) is 0.873. The van der Waals surface area contributed by atoms with E-state index >= 15 is 0 Å². The summed E-state index contributed by atoms with van der Waals surface area (Å²) in [6, 6.07) is 0. The van der Waals surface area contributed by atoms with E-state index in [1.54, 1.807) is 45.3 Å². The van der Waals surface area contributed by atoms with Crippen molar-refractivity contribution in [1.29, 1.82) is 0 Å². The highest BCUT2D eigenvalue weighted by molar-refractivity contribution is 7.29. The smallest absolute Gasteiger partial charge is 0.181 e. The molecule has 0 amide bonds. The number of thiophene rings is 4. The molecule has 0 atom stereocenters. The van der Waals surface area contributed by atoms with Gasteiger partial charge in [-0.25, -0.2) is 0 Å². The predicted molar refractivity (Wildman–Crippen MR) is 148 cm³/mol. The maximum atomic E-state index is 6.26. The molecule has 4 aliphatic rings. The molecule has 0 spiro atoms. The van der Waals surface area contributed by atoms with Crippen LogP contribution in [-0.4, -0.2) is 52.9 Å². The molecule has 0 aromatic carbocycles. The third kappa shape index (κ3) is 3.43. The van der Waals surface area contributed by atoms with Crippen LogP contribution in [0.2, 0.25) is 0 Å². The van der Waals surface area contributed by atoms with Crippen LogP contribution in [0, 0.1) is 0 Å². The first-order valence-electron chi connectivity index (χ1n) is 12.5. The van der Waals surface area contributed by atoms with E-state index < -0.39 is 0 Å². The van der Waals surface area contributed by atoms with Gasteiger partial charge in [0.15, 0.2) is 46.0 Å². The van der Waals surface area contributed by atoms with Crippen molar-refractivity contribution in [2.24, 2.45) is 0 Å². The molecule has 8 rings (SSSR count). The van der Waals surface area contributed by atoms with Gasteiger partial charge in [-0.2, -0.15) is 0 Å². The van der Waals surface area contributed by atoms with Gasteiger partial charge in [0.1, 0.15) is 52.9 Å². The summed E-state index contributed by atoms with van der Waals surface area (Å²) in [5.74, 6) is 6.19. The number of hydrogen-bond acceptors (Lipinski definition) is 12. The Labute approximate surface area is 234 Å². The average molecular weight is 591 g/mol. The van der Waals surface area contributed by atoms with E-state index in [1.165, 1.54) is 4.88 Å². The lowest BCUT2D eigenvalue weighted by atomic mass is 10.2. The average Bonchev–Trinajstić information content (AvgIpc) is 3.74. The lowest BCUT2D eigenvalue weighted by Crippen LogP contribution is -2.16. The van der Waals surface area contributed by atoms with Gasteiger partial charge < -0.3 is 37.9 Å². The second-order valence-corrected chi connectivity index (χ2v) is 12.8. The summed E-state index contributed by atoms with van der Waals surface area (Å²) >= 11 is 6.56. The van der Waals surface area contributed by atoms with Gasteiger partial charge in [0.25, 0.3) is 0 Å². The molecule has 0 N–H and O–H groups in total. The van der Waals surface area contributed by atoms with Gasteiger partial charge in [-0.05, 0) is 6.42 Å². The fourth-order valence-corrected chi connectivity index (χ4v) is 9.74. The van der Waals surface area contributed by atoms with Crippen LogP contribution in [0.25, 0.3) is 29.3 Å². The zero-order chi connectivity index (χ0) is 25.2. The molecule has 38 heavy (non-hydrogen) atoms. The molecule has 8 nitrogen and oxygen atoms in total. The minimum atomic E-state index is 0.486. The Bertz CT molecular complexity index is 1540. The molecule has 0 bridgehead atoms. The van der Waals surface area contributed by atoms with Crippen LogP contribution in [0.3, 0.4) is 0 Å². The second-order valence-electron chi connectivity index (χ2n) is 8.75. The first-order valence-corrected chi connectivity index (χ1v) is 15.8. The fourth-order valence-electron chi connectivity index (χ4n) is 4.91. The van der Waals surface area contributed by atoms with E-state index in [0.717, 1.165) is 81.7 Å². The SMILES string of the molecule is CCc1sc(-c2sc(-c3sc(-c4scc5c4OCCO5)c4c3OCCO4)c3c2OCCO3)c2c1OCCO2. The summed E-state index contributed by atoms with van der Waals surface area (Å²) in [5.41, 5.74) is 0. The molecule has 4 aromatic heterocycles. The van der Waals surface area contributed by atoms with E-state index in [9.17, 15) is 0 Å². The highest BCUT2D eigenvalue weighted by Gasteiger charge is 2.37. The monoisotopic (exact) mass is 590 g/mol. The minimum absolute atomic E-state index is 0.486.